The fraction of sp³-hybridized carbons (Fsp3) is 0.304. The Morgan fingerprint density at radius 1 is 1.03 bits per heavy atom. The number of ether oxygens (including phenoxy) is 2. The normalized spacial score (nSPS) is 12.5. The fourth-order valence-electron chi connectivity index (χ4n) is 3.34. The number of aromatic nitrogens is 2. The van der Waals surface area contributed by atoms with E-state index < -0.39 is 23.4 Å². The largest absolute Gasteiger partial charge is 0.508 e. The van der Waals surface area contributed by atoms with Crippen LogP contribution in [0.5, 0.6) is 17.5 Å². The molecule has 0 saturated heterocycles. The van der Waals surface area contributed by atoms with Crippen molar-refractivity contribution in [2.75, 3.05) is 37.5 Å². The van der Waals surface area contributed by atoms with E-state index in [0.29, 0.717) is 11.3 Å². The molecule has 1 aromatic heterocycles. The maximum atomic E-state index is 13.6. The molecule has 0 radical (unpaired) electrons. The van der Waals surface area contributed by atoms with Crippen LogP contribution in [0.2, 0.25) is 0 Å². The van der Waals surface area contributed by atoms with Gasteiger partial charge in [-0.25, -0.2) is 13.4 Å². The molecule has 0 saturated carbocycles. The highest BCUT2D eigenvalue weighted by Gasteiger charge is 2.37. The van der Waals surface area contributed by atoms with Gasteiger partial charge in [-0.3, -0.25) is 9.29 Å². The second kappa shape index (κ2) is 12.2. The molecule has 1 atom stereocenters. The number of phenolic OH excluding ortho intramolecular Hbond substituents is 1. The molecule has 37 heavy (non-hydrogen) atoms. The number of sulfonamides is 1. The summed E-state index contributed by atoms with van der Waals surface area (Å²) < 4.78 is 63.1. The Labute approximate surface area is 215 Å². The van der Waals surface area contributed by atoms with E-state index in [0.717, 1.165) is 0 Å². The van der Waals surface area contributed by atoms with Gasteiger partial charge >= 0.3 is 7.60 Å². The lowest BCUT2D eigenvalue weighted by molar-refractivity contribution is 0.214. The van der Waals surface area contributed by atoms with Crippen LogP contribution >= 0.6 is 7.60 Å². The van der Waals surface area contributed by atoms with Gasteiger partial charge in [0, 0.05) is 5.69 Å². The summed E-state index contributed by atoms with van der Waals surface area (Å²) in [7, 11) is -5.10. The molecule has 3 rings (SSSR count). The van der Waals surface area contributed by atoms with Gasteiger partial charge in [-0.2, -0.15) is 4.98 Å². The summed E-state index contributed by atoms with van der Waals surface area (Å²) in [5, 5.41) is 13.1. The van der Waals surface area contributed by atoms with Crippen LogP contribution < -0.4 is 19.5 Å². The standard InChI is InChI=1S/C23H29N4O8PS/c1-5-34-36(29,35-6-2)23(16-8-7-9-18(28)14-16)25-17-10-12-19(13-11-17)37(30,31)27-21-22(33-4)24-15-20(26-21)32-3/h7-15,23,25,28H,5-6H2,1-4H3,(H,26,27). The average Bonchev–Trinajstić information content (AvgIpc) is 2.87. The molecule has 12 nitrogen and oxygen atoms in total. The van der Waals surface area contributed by atoms with Crippen LogP contribution in [0.4, 0.5) is 11.5 Å². The minimum atomic E-state index is -4.07. The smallest absolute Gasteiger partial charge is 0.357 e. The quantitative estimate of drug-likeness (QED) is 0.258. The lowest BCUT2D eigenvalue weighted by Gasteiger charge is -2.28. The number of rotatable bonds is 13. The van der Waals surface area contributed by atoms with Crippen molar-refractivity contribution in [1.29, 1.82) is 0 Å². The van der Waals surface area contributed by atoms with Gasteiger partial charge < -0.3 is 28.9 Å². The van der Waals surface area contributed by atoms with Gasteiger partial charge in [-0.15, -0.1) is 0 Å². The first-order valence-corrected chi connectivity index (χ1v) is 14.3. The van der Waals surface area contributed by atoms with E-state index in [1.54, 1.807) is 26.0 Å². The Morgan fingerprint density at radius 3 is 2.27 bits per heavy atom. The number of phenols is 1. The lowest BCUT2D eigenvalue weighted by atomic mass is 10.2. The van der Waals surface area contributed by atoms with Crippen molar-refractivity contribution < 1.29 is 36.6 Å². The number of hydrogen-bond acceptors (Lipinski definition) is 11. The zero-order chi connectivity index (χ0) is 27.1. The number of anilines is 2. The van der Waals surface area contributed by atoms with E-state index in [9.17, 15) is 18.1 Å². The molecule has 0 spiro atoms. The Bertz CT molecular complexity index is 1350. The van der Waals surface area contributed by atoms with Crippen LogP contribution in [0.3, 0.4) is 0 Å². The molecule has 0 bridgehead atoms. The van der Waals surface area contributed by atoms with Gasteiger partial charge in [-0.1, -0.05) is 12.1 Å². The van der Waals surface area contributed by atoms with Crippen LogP contribution in [0, 0.1) is 0 Å². The first-order chi connectivity index (χ1) is 17.7. The summed E-state index contributed by atoms with van der Waals surface area (Å²) in [6, 6.07) is 11.9. The van der Waals surface area contributed by atoms with Crippen LogP contribution in [0.25, 0.3) is 0 Å². The number of nitrogens with one attached hydrogen (secondary N) is 2. The first-order valence-electron chi connectivity index (χ1n) is 11.2. The number of methoxy groups -OCH3 is 2. The van der Waals surface area contributed by atoms with Crippen molar-refractivity contribution in [3.63, 3.8) is 0 Å². The van der Waals surface area contributed by atoms with E-state index in [4.69, 9.17) is 18.5 Å². The molecule has 0 fully saturated rings. The van der Waals surface area contributed by atoms with E-state index in [1.165, 1.54) is 56.8 Å². The van der Waals surface area contributed by atoms with Gasteiger partial charge in [-0.05, 0) is 55.8 Å². The maximum Gasteiger partial charge on any atom is 0.357 e. The van der Waals surface area contributed by atoms with Crippen LogP contribution in [-0.2, 0) is 23.6 Å². The predicted octanol–water partition coefficient (Wildman–Crippen LogP) is 4.38. The van der Waals surface area contributed by atoms with Crippen molar-refractivity contribution in [2.24, 2.45) is 0 Å². The maximum absolute atomic E-state index is 13.6. The summed E-state index contributed by atoms with van der Waals surface area (Å²) in [5.41, 5.74) is 0.901. The summed E-state index contributed by atoms with van der Waals surface area (Å²) in [5.74, 6) is -1.06. The topological polar surface area (TPSA) is 158 Å². The molecule has 3 N–H and O–H groups in total. The highest BCUT2D eigenvalue weighted by molar-refractivity contribution is 7.92. The first kappa shape index (κ1) is 28.2. The molecule has 0 aliphatic heterocycles. The average molecular weight is 553 g/mol. The summed E-state index contributed by atoms with van der Waals surface area (Å²) in [6.45, 7) is 3.65. The third-order valence-electron chi connectivity index (χ3n) is 4.94. The zero-order valence-corrected chi connectivity index (χ0v) is 22.5. The Hall–Kier alpha value is -3.38. The van der Waals surface area contributed by atoms with E-state index in [-0.39, 0.29) is 41.4 Å². The van der Waals surface area contributed by atoms with Crippen molar-refractivity contribution in [2.45, 2.75) is 24.5 Å². The Morgan fingerprint density at radius 2 is 1.70 bits per heavy atom. The third kappa shape index (κ3) is 6.89. The minimum Gasteiger partial charge on any atom is -0.508 e. The van der Waals surface area contributed by atoms with Gasteiger partial charge in [0.25, 0.3) is 15.9 Å². The van der Waals surface area contributed by atoms with Crippen LogP contribution in [0.15, 0.2) is 59.6 Å². The number of aromatic hydroxyl groups is 1. The molecule has 0 amide bonds. The summed E-state index contributed by atoms with van der Waals surface area (Å²) in [6.07, 6.45) is 1.29. The molecule has 0 aliphatic rings. The summed E-state index contributed by atoms with van der Waals surface area (Å²) >= 11 is 0. The molecule has 2 aromatic carbocycles. The van der Waals surface area contributed by atoms with Gasteiger partial charge in [0.05, 0.1) is 38.5 Å². The predicted molar refractivity (Wildman–Crippen MR) is 138 cm³/mol. The summed E-state index contributed by atoms with van der Waals surface area (Å²) in [4.78, 5) is 7.93. The van der Waals surface area contributed by atoms with Crippen LogP contribution in [0.1, 0.15) is 25.2 Å². The van der Waals surface area contributed by atoms with E-state index >= 15 is 0 Å². The number of benzene rings is 2. The number of hydrogen-bond donors (Lipinski definition) is 3. The molecule has 1 unspecified atom stereocenters. The second-order valence-electron chi connectivity index (χ2n) is 7.42. The van der Waals surface area contributed by atoms with Crippen molar-refractivity contribution >= 4 is 29.1 Å². The molecular formula is C23H29N4O8PS. The molecule has 1 heterocycles. The Balaban J connectivity index is 1.91. The molecule has 3 aromatic rings. The highest BCUT2D eigenvalue weighted by atomic mass is 32.2. The molecular weight excluding hydrogens is 523 g/mol. The monoisotopic (exact) mass is 552 g/mol. The lowest BCUT2D eigenvalue weighted by Crippen LogP contribution is -2.17. The fourth-order valence-corrected chi connectivity index (χ4v) is 6.26. The Kier molecular flexibility index (Phi) is 9.33. The molecule has 0 aliphatic carbocycles. The second-order valence-corrected chi connectivity index (χ2v) is 11.2. The van der Waals surface area contributed by atoms with Crippen molar-refractivity contribution in [3.8, 4) is 17.5 Å². The minimum absolute atomic E-state index is 0.0209. The van der Waals surface area contributed by atoms with Crippen molar-refractivity contribution in [1.82, 2.24) is 9.97 Å². The number of nitrogens with zero attached hydrogens (tertiary/aromatic N) is 2. The zero-order valence-electron chi connectivity index (χ0n) is 20.7. The highest BCUT2D eigenvalue weighted by Crippen LogP contribution is 2.61. The van der Waals surface area contributed by atoms with E-state index in [2.05, 4.69) is 20.0 Å². The van der Waals surface area contributed by atoms with Crippen LogP contribution in [-0.4, -0.2) is 50.9 Å². The SMILES string of the molecule is CCOP(=O)(OCC)C(Nc1ccc(S(=O)(=O)Nc2nc(OC)cnc2OC)cc1)c1cccc(O)c1. The van der Waals surface area contributed by atoms with E-state index in [1.807, 2.05) is 0 Å². The van der Waals surface area contributed by atoms with Gasteiger partial charge in [0.15, 0.2) is 5.78 Å². The van der Waals surface area contributed by atoms with Crippen molar-refractivity contribution in [3.05, 3.63) is 60.3 Å². The van der Waals surface area contributed by atoms with Gasteiger partial charge in [0.2, 0.25) is 11.7 Å². The van der Waals surface area contributed by atoms with Gasteiger partial charge in [0.1, 0.15) is 5.75 Å². The molecule has 200 valence electrons. The molecule has 14 heteroatoms. The third-order valence-corrected chi connectivity index (χ3v) is 8.59.